The Labute approximate surface area is 114 Å². The molecule has 1 aliphatic carbocycles. The van der Waals surface area contributed by atoms with Crippen LogP contribution < -0.4 is 5.69 Å². The zero-order chi connectivity index (χ0) is 13.4. The van der Waals surface area contributed by atoms with Crippen molar-refractivity contribution in [1.82, 2.24) is 9.55 Å². The maximum Gasteiger partial charge on any atom is 0.327 e. The number of H-pyrrole nitrogens is 1. The monoisotopic (exact) mass is 276 g/mol. The average Bonchev–Trinajstić information content (AvgIpc) is 2.86. The van der Waals surface area contributed by atoms with Gasteiger partial charge in [-0.05, 0) is 37.0 Å². The lowest BCUT2D eigenvalue weighted by atomic mass is 10.2. The molecule has 0 atom stereocenters. The minimum atomic E-state index is -0.270. The quantitative estimate of drug-likeness (QED) is 0.856. The highest BCUT2D eigenvalue weighted by atomic mass is 32.1. The van der Waals surface area contributed by atoms with Gasteiger partial charge < -0.3 is 0 Å². The van der Waals surface area contributed by atoms with Crippen LogP contribution in [0.4, 0.5) is 4.39 Å². The lowest BCUT2D eigenvalue weighted by Gasteiger charge is -2.11. The summed E-state index contributed by atoms with van der Waals surface area (Å²) in [4.78, 5) is 14.8. The number of aromatic amines is 1. The molecule has 98 valence electrons. The van der Waals surface area contributed by atoms with Gasteiger partial charge in [0.2, 0.25) is 0 Å². The summed E-state index contributed by atoms with van der Waals surface area (Å²) in [5.41, 5.74) is 2.83. The van der Waals surface area contributed by atoms with E-state index in [-0.39, 0.29) is 11.5 Å². The summed E-state index contributed by atoms with van der Waals surface area (Å²) in [5.74, 6) is -0.270. The van der Waals surface area contributed by atoms with Crippen molar-refractivity contribution in [3.63, 3.8) is 0 Å². The largest absolute Gasteiger partial charge is 0.327 e. The Hall–Kier alpha value is -1.75. The third-order valence-electron chi connectivity index (χ3n) is 3.51. The second-order valence-corrected chi connectivity index (χ2v) is 5.16. The van der Waals surface area contributed by atoms with Gasteiger partial charge in [0, 0.05) is 11.3 Å². The van der Waals surface area contributed by atoms with Crippen molar-refractivity contribution in [2.75, 3.05) is 0 Å². The van der Waals surface area contributed by atoms with E-state index in [2.05, 4.69) is 4.98 Å². The second kappa shape index (κ2) is 4.74. The molecule has 1 aromatic heterocycles. The topological polar surface area (TPSA) is 37.8 Å². The number of hydrogen-bond acceptors (Lipinski definition) is 2. The fourth-order valence-electron chi connectivity index (χ4n) is 2.57. The molecule has 2 aromatic rings. The number of halogens is 1. The van der Waals surface area contributed by atoms with Crippen molar-refractivity contribution in [2.24, 2.45) is 0 Å². The Morgan fingerprint density at radius 3 is 2.74 bits per heavy atom. The molecule has 5 heteroatoms. The Bertz CT molecular complexity index is 731. The SMILES string of the molecule is O=c1[nH]c(=S)c2c(n1Cc1ccc(F)cc1)CCC2. The highest BCUT2D eigenvalue weighted by molar-refractivity contribution is 7.71. The predicted octanol–water partition coefficient (Wildman–Crippen LogP) is 2.58. The normalized spacial score (nSPS) is 13.5. The van der Waals surface area contributed by atoms with Gasteiger partial charge in [-0.1, -0.05) is 24.4 Å². The maximum absolute atomic E-state index is 12.9. The number of aromatic nitrogens is 2. The van der Waals surface area contributed by atoms with Gasteiger partial charge in [-0.3, -0.25) is 9.55 Å². The second-order valence-electron chi connectivity index (χ2n) is 4.75. The first-order valence-corrected chi connectivity index (χ1v) is 6.65. The molecule has 0 saturated heterocycles. The van der Waals surface area contributed by atoms with E-state index in [1.807, 2.05) is 0 Å². The molecule has 0 bridgehead atoms. The lowest BCUT2D eigenvalue weighted by molar-refractivity contribution is 0.624. The molecule has 0 spiro atoms. The minimum Gasteiger partial charge on any atom is -0.298 e. The van der Waals surface area contributed by atoms with Crippen molar-refractivity contribution >= 4 is 12.2 Å². The van der Waals surface area contributed by atoms with E-state index < -0.39 is 0 Å². The highest BCUT2D eigenvalue weighted by Gasteiger charge is 2.18. The zero-order valence-corrected chi connectivity index (χ0v) is 11.1. The predicted molar refractivity (Wildman–Crippen MR) is 73.4 cm³/mol. The van der Waals surface area contributed by atoms with Gasteiger partial charge in [0.15, 0.2) is 0 Å². The fraction of sp³-hybridized carbons (Fsp3) is 0.286. The summed E-state index contributed by atoms with van der Waals surface area (Å²) < 4.78 is 15.2. The van der Waals surface area contributed by atoms with E-state index in [0.717, 1.165) is 36.1 Å². The number of benzene rings is 1. The fourth-order valence-corrected chi connectivity index (χ4v) is 2.88. The molecule has 19 heavy (non-hydrogen) atoms. The van der Waals surface area contributed by atoms with Gasteiger partial charge in [0.25, 0.3) is 0 Å². The molecule has 0 fully saturated rings. The Kier molecular flexibility index (Phi) is 3.06. The van der Waals surface area contributed by atoms with Gasteiger partial charge in [0.05, 0.1) is 6.54 Å². The number of nitrogens with zero attached hydrogens (tertiary/aromatic N) is 1. The van der Waals surface area contributed by atoms with Gasteiger partial charge in [-0.25, -0.2) is 9.18 Å². The average molecular weight is 276 g/mol. The first-order valence-electron chi connectivity index (χ1n) is 6.24. The van der Waals surface area contributed by atoms with Crippen molar-refractivity contribution < 1.29 is 4.39 Å². The van der Waals surface area contributed by atoms with Crippen LogP contribution in [-0.2, 0) is 19.4 Å². The smallest absolute Gasteiger partial charge is 0.298 e. The zero-order valence-electron chi connectivity index (χ0n) is 10.3. The summed E-state index contributed by atoms with van der Waals surface area (Å²) in [6, 6.07) is 6.22. The molecule has 0 unspecified atom stereocenters. The number of hydrogen-bond donors (Lipinski definition) is 1. The van der Waals surface area contributed by atoms with E-state index in [1.54, 1.807) is 16.7 Å². The summed E-state index contributed by atoms with van der Waals surface area (Å²) in [7, 11) is 0. The number of fused-ring (bicyclic) bond motifs is 1. The Morgan fingerprint density at radius 1 is 1.26 bits per heavy atom. The van der Waals surface area contributed by atoms with Gasteiger partial charge in [-0.15, -0.1) is 0 Å². The van der Waals surface area contributed by atoms with Crippen molar-refractivity contribution in [2.45, 2.75) is 25.8 Å². The van der Waals surface area contributed by atoms with E-state index in [9.17, 15) is 9.18 Å². The van der Waals surface area contributed by atoms with Gasteiger partial charge >= 0.3 is 5.69 Å². The van der Waals surface area contributed by atoms with E-state index in [1.165, 1.54) is 12.1 Å². The molecule has 0 saturated carbocycles. The molecule has 0 radical (unpaired) electrons. The Morgan fingerprint density at radius 2 is 2.00 bits per heavy atom. The molecule has 1 heterocycles. The molecule has 1 aromatic carbocycles. The van der Waals surface area contributed by atoms with Crippen molar-refractivity contribution in [1.29, 1.82) is 0 Å². The van der Waals surface area contributed by atoms with Crippen LogP contribution in [0, 0.1) is 10.5 Å². The molecule has 1 aliphatic rings. The van der Waals surface area contributed by atoms with Crippen molar-refractivity contribution in [3.05, 3.63) is 62.0 Å². The Balaban J connectivity index is 2.06. The summed E-state index contributed by atoms with van der Waals surface area (Å²) in [6.07, 6.45) is 2.83. The van der Waals surface area contributed by atoms with Crippen LogP contribution in [0.3, 0.4) is 0 Å². The van der Waals surface area contributed by atoms with Gasteiger partial charge in [0.1, 0.15) is 10.5 Å². The maximum atomic E-state index is 12.9. The van der Waals surface area contributed by atoms with E-state index >= 15 is 0 Å². The molecule has 0 amide bonds. The minimum absolute atomic E-state index is 0.185. The van der Waals surface area contributed by atoms with Crippen LogP contribution in [0.2, 0.25) is 0 Å². The van der Waals surface area contributed by atoms with Crippen LogP contribution in [0.15, 0.2) is 29.1 Å². The standard InChI is InChI=1S/C14H13FN2OS/c15-10-6-4-9(5-7-10)8-17-12-3-1-2-11(12)13(19)16-14(17)18/h4-7H,1-3,8H2,(H,16,18,19). The summed E-state index contributed by atoms with van der Waals surface area (Å²) in [6.45, 7) is 0.452. The van der Waals surface area contributed by atoms with Crippen LogP contribution in [0.5, 0.6) is 0 Å². The first-order chi connectivity index (χ1) is 9.15. The molecule has 1 N–H and O–H groups in total. The molecule has 3 nitrogen and oxygen atoms in total. The van der Waals surface area contributed by atoms with Crippen LogP contribution in [0.25, 0.3) is 0 Å². The van der Waals surface area contributed by atoms with E-state index in [0.29, 0.717) is 11.2 Å². The molecular formula is C14H13FN2OS. The van der Waals surface area contributed by atoms with E-state index in [4.69, 9.17) is 12.2 Å². The third-order valence-corrected chi connectivity index (χ3v) is 3.86. The first kappa shape index (κ1) is 12.3. The summed E-state index contributed by atoms with van der Waals surface area (Å²) >= 11 is 5.19. The molecule has 0 aliphatic heterocycles. The number of nitrogens with one attached hydrogen (secondary N) is 1. The van der Waals surface area contributed by atoms with Crippen LogP contribution >= 0.6 is 12.2 Å². The van der Waals surface area contributed by atoms with Crippen LogP contribution in [-0.4, -0.2) is 9.55 Å². The van der Waals surface area contributed by atoms with Crippen LogP contribution in [0.1, 0.15) is 23.2 Å². The molecule has 3 rings (SSSR count). The number of rotatable bonds is 2. The highest BCUT2D eigenvalue weighted by Crippen LogP contribution is 2.21. The summed E-state index contributed by atoms with van der Waals surface area (Å²) in [5, 5.41) is 0. The third kappa shape index (κ3) is 2.26. The lowest BCUT2D eigenvalue weighted by Crippen LogP contribution is -2.27. The van der Waals surface area contributed by atoms with Crippen molar-refractivity contribution in [3.8, 4) is 0 Å². The van der Waals surface area contributed by atoms with Gasteiger partial charge in [-0.2, -0.15) is 0 Å². The molecular weight excluding hydrogens is 263 g/mol.